The van der Waals surface area contributed by atoms with Crippen LogP contribution in [0.3, 0.4) is 0 Å². The molecule has 0 aromatic rings. The second-order valence-electron chi connectivity index (χ2n) is 4.65. The van der Waals surface area contributed by atoms with Crippen molar-refractivity contribution in [3.05, 3.63) is 0 Å². The number of hydrogen-bond donors (Lipinski definition) is 1. The Morgan fingerprint density at radius 1 is 1.50 bits per heavy atom. The van der Waals surface area contributed by atoms with Gasteiger partial charge in [0.2, 0.25) is 0 Å². The van der Waals surface area contributed by atoms with Gasteiger partial charge in [-0.1, -0.05) is 13.8 Å². The standard InChI is InChI=1S/C11H24N2O/c1-9(2)11(6-12)13-5-4-10(7-13)8-14-3/h9-11H,4-8,12H2,1-3H3. The SMILES string of the molecule is COCC1CCN(C(CN)C(C)C)C1. The van der Waals surface area contributed by atoms with E-state index >= 15 is 0 Å². The molecule has 1 fully saturated rings. The minimum absolute atomic E-state index is 0.553. The number of ether oxygens (including phenoxy) is 1. The van der Waals surface area contributed by atoms with Crippen LogP contribution in [0.4, 0.5) is 0 Å². The van der Waals surface area contributed by atoms with Crippen LogP contribution in [-0.2, 0) is 4.74 Å². The van der Waals surface area contributed by atoms with Crippen molar-refractivity contribution in [2.75, 3.05) is 33.4 Å². The highest BCUT2D eigenvalue weighted by molar-refractivity contribution is 4.83. The first-order valence-corrected chi connectivity index (χ1v) is 5.62. The zero-order valence-corrected chi connectivity index (χ0v) is 9.70. The smallest absolute Gasteiger partial charge is 0.0503 e. The van der Waals surface area contributed by atoms with E-state index in [1.54, 1.807) is 7.11 Å². The highest BCUT2D eigenvalue weighted by Crippen LogP contribution is 2.21. The molecular weight excluding hydrogens is 176 g/mol. The fourth-order valence-corrected chi connectivity index (χ4v) is 2.38. The molecule has 1 aliphatic heterocycles. The van der Waals surface area contributed by atoms with Crippen molar-refractivity contribution in [3.8, 4) is 0 Å². The Hall–Kier alpha value is -0.120. The Labute approximate surface area is 87.6 Å². The molecule has 0 amide bonds. The first-order valence-electron chi connectivity index (χ1n) is 5.62. The Morgan fingerprint density at radius 2 is 2.21 bits per heavy atom. The second-order valence-corrected chi connectivity index (χ2v) is 4.65. The van der Waals surface area contributed by atoms with E-state index in [0.717, 1.165) is 19.7 Å². The van der Waals surface area contributed by atoms with Crippen molar-refractivity contribution < 1.29 is 4.74 Å². The van der Waals surface area contributed by atoms with Crippen LogP contribution in [-0.4, -0.2) is 44.3 Å². The molecule has 2 unspecified atom stereocenters. The lowest BCUT2D eigenvalue weighted by atomic mass is 10.0. The van der Waals surface area contributed by atoms with Crippen molar-refractivity contribution in [2.45, 2.75) is 26.3 Å². The highest BCUT2D eigenvalue weighted by atomic mass is 16.5. The van der Waals surface area contributed by atoms with Gasteiger partial charge in [0.15, 0.2) is 0 Å². The van der Waals surface area contributed by atoms with E-state index in [1.165, 1.54) is 13.0 Å². The predicted octanol–water partition coefficient (Wildman–Crippen LogP) is 0.938. The molecule has 0 spiro atoms. The molecule has 2 N–H and O–H groups in total. The van der Waals surface area contributed by atoms with Gasteiger partial charge >= 0.3 is 0 Å². The lowest BCUT2D eigenvalue weighted by Gasteiger charge is -2.29. The van der Waals surface area contributed by atoms with Crippen molar-refractivity contribution in [1.82, 2.24) is 4.90 Å². The third kappa shape index (κ3) is 2.94. The van der Waals surface area contributed by atoms with Gasteiger partial charge in [-0.25, -0.2) is 0 Å². The molecule has 0 bridgehead atoms. The van der Waals surface area contributed by atoms with Crippen molar-refractivity contribution >= 4 is 0 Å². The topological polar surface area (TPSA) is 38.5 Å². The van der Waals surface area contributed by atoms with Crippen LogP contribution >= 0.6 is 0 Å². The lowest BCUT2D eigenvalue weighted by molar-refractivity contribution is 0.139. The van der Waals surface area contributed by atoms with Gasteiger partial charge in [-0.2, -0.15) is 0 Å². The number of likely N-dealkylation sites (tertiary alicyclic amines) is 1. The molecule has 0 radical (unpaired) electrons. The molecule has 1 heterocycles. The van der Waals surface area contributed by atoms with Crippen LogP contribution in [0.1, 0.15) is 20.3 Å². The maximum Gasteiger partial charge on any atom is 0.0503 e. The van der Waals surface area contributed by atoms with E-state index in [2.05, 4.69) is 18.7 Å². The third-order valence-corrected chi connectivity index (χ3v) is 3.20. The first kappa shape index (κ1) is 12.0. The average Bonchev–Trinajstić information content (AvgIpc) is 2.54. The number of rotatable bonds is 5. The van der Waals surface area contributed by atoms with Gasteiger partial charge in [0.25, 0.3) is 0 Å². The normalized spacial score (nSPS) is 25.9. The van der Waals surface area contributed by atoms with Gasteiger partial charge in [-0.15, -0.1) is 0 Å². The molecular formula is C11H24N2O. The van der Waals surface area contributed by atoms with Crippen molar-refractivity contribution in [1.29, 1.82) is 0 Å². The summed E-state index contributed by atoms with van der Waals surface area (Å²) in [6.45, 7) is 8.52. The average molecular weight is 200 g/mol. The fourth-order valence-electron chi connectivity index (χ4n) is 2.38. The monoisotopic (exact) mass is 200 g/mol. The maximum absolute atomic E-state index is 5.80. The molecule has 1 saturated heterocycles. The Balaban J connectivity index is 2.39. The van der Waals surface area contributed by atoms with Gasteiger partial charge < -0.3 is 10.5 Å². The summed E-state index contributed by atoms with van der Waals surface area (Å²) >= 11 is 0. The zero-order valence-electron chi connectivity index (χ0n) is 9.70. The van der Waals surface area contributed by atoms with Gasteiger partial charge in [0.1, 0.15) is 0 Å². The molecule has 1 rings (SSSR count). The van der Waals surface area contributed by atoms with Crippen LogP contribution < -0.4 is 5.73 Å². The molecule has 3 nitrogen and oxygen atoms in total. The second kappa shape index (κ2) is 5.69. The summed E-state index contributed by atoms with van der Waals surface area (Å²) in [5.41, 5.74) is 5.80. The summed E-state index contributed by atoms with van der Waals surface area (Å²) < 4.78 is 5.19. The van der Waals surface area contributed by atoms with E-state index in [4.69, 9.17) is 10.5 Å². The van der Waals surface area contributed by atoms with Crippen LogP contribution in [0.15, 0.2) is 0 Å². The molecule has 0 aliphatic carbocycles. The minimum atomic E-state index is 0.553. The number of nitrogens with two attached hydrogens (primary N) is 1. The molecule has 1 aliphatic rings. The molecule has 3 heteroatoms. The summed E-state index contributed by atoms with van der Waals surface area (Å²) in [6.07, 6.45) is 1.26. The van der Waals surface area contributed by atoms with Gasteiger partial charge in [0, 0.05) is 26.2 Å². The Morgan fingerprint density at radius 3 is 2.71 bits per heavy atom. The summed E-state index contributed by atoms with van der Waals surface area (Å²) in [4.78, 5) is 2.52. The van der Waals surface area contributed by atoms with E-state index in [9.17, 15) is 0 Å². The van der Waals surface area contributed by atoms with Crippen LogP contribution in [0.2, 0.25) is 0 Å². The summed E-state index contributed by atoms with van der Waals surface area (Å²) in [5, 5.41) is 0. The fraction of sp³-hybridized carbons (Fsp3) is 1.00. The van der Waals surface area contributed by atoms with E-state index in [-0.39, 0.29) is 0 Å². The predicted molar refractivity (Wildman–Crippen MR) is 59.2 cm³/mol. The first-order chi connectivity index (χ1) is 6.69. The molecule has 0 aromatic carbocycles. The Kier molecular flexibility index (Phi) is 4.85. The molecule has 14 heavy (non-hydrogen) atoms. The maximum atomic E-state index is 5.80. The summed E-state index contributed by atoms with van der Waals surface area (Å²) in [5.74, 6) is 1.37. The van der Waals surface area contributed by atoms with Gasteiger partial charge in [-0.3, -0.25) is 4.90 Å². The molecule has 84 valence electrons. The van der Waals surface area contributed by atoms with E-state index in [0.29, 0.717) is 17.9 Å². The molecule has 0 saturated carbocycles. The lowest BCUT2D eigenvalue weighted by Crippen LogP contribution is -2.42. The van der Waals surface area contributed by atoms with Crippen LogP contribution in [0.5, 0.6) is 0 Å². The quantitative estimate of drug-likeness (QED) is 0.718. The highest BCUT2D eigenvalue weighted by Gasteiger charge is 2.28. The largest absolute Gasteiger partial charge is 0.384 e. The van der Waals surface area contributed by atoms with E-state index in [1.807, 2.05) is 0 Å². The molecule has 2 atom stereocenters. The third-order valence-electron chi connectivity index (χ3n) is 3.20. The Bertz CT molecular complexity index is 161. The van der Waals surface area contributed by atoms with E-state index < -0.39 is 0 Å². The zero-order chi connectivity index (χ0) is 10.6. The minimum Gasteiger partial charge on any atom is -0.384 e. The van der Waals surface area contributed by atoms with Crippen LogP contribution in [0.25, 0.3) is 0 Å². The number of methoxy groups -OCH3 is 1. The number of hydrogen-bond acceptors (Lipinski definition) is 3. The number of nitrogens with zero attached hydrogens (tertiary/aromatic N) is 1. The van der Waals surface area contributed by atoms with Gasteiger partial charge in [0.05, 0.1) is 6.61 Å². The molecule has 0 aromatic heterocycles. The van der Waals surface area contributed by atoms with Gasteiger partial charge in [-0.05, 0) is 24.8 Å². The van der Waals surface area contributed by atoms with Crippen molar-refractivity contribution in [3.63, 3.8) is 0 Å². The summed E-state index contributed by atoms with van der Waals surface area (Å²) in [6, 6.07) is 0.553. The van der Waals surface area contributed by atoms with Crippen LogP contribution in [0, 0.1) is 11.8 Å². The van der Waals surface area contributed by atoms with Crippen molar-refractivity contribution in [2.24, 2.45) is 17.6 Å². The summed E-state index contributed by atoms with van der Waals surface area (Å²) in [7, 11) is 1.78.